The highest BCUT2D eigenvalue weighted by Gasteiger charge is 2.40. The van der Waals surface area contributed by atoms with Gasteiger partial charge in [0.05, 0.1) is 0 Å². The minimum absolute atomic E-state index is 0.287. The molecule has 1 nitrogen and oxygen atoms in total. The highest BCUT2D eigenvalue weighted by molar-refractivity contribution is 5.29. The molecule has 1 aliphatic heterocycles. The van der Waals surface area contributed by atoms with E-state index in [1.54, 1.807) is 6.07 Å². The minimum Gasteiger partial charge on any atom is -0.307 e. The molecule has 1 aromatic carbocycles. The van der Waals surface area contributed by atoms with Gasteiger partial charge in [-0.3, -0.25) is 0 Å². The third-order valence-corrected chi connectivity index (χ3v) is 3.59. The molecule has 1 fully saturated rings. The van der Waals surface area contributed by atoms with Crippen molar-refractivity contribution in [2.24, 2.45) is 5.92 Å². The molecular weight excluding hydrogens is 208 g/mol. The SMILES string of the molecule is CC(C)C1(c2ccc(F)cc2F)CCCN1. The maximum absolute atomic E-state index is 13.8. The van der Waals surface area contributed by atoms with Crippen LogP contribution in [-0.2, 0) is 5.54 Å². The molecule has 1 unspecified atom stereocenters. The van der Waals surface area contributed by atoms with E-state index < -0.39 is 11.6 Å². The lowest BCUT2D eigenvalue weighted by atomic mass is 9.78. The van der Waals surface area contributed by atoms with E-state index in [2.05, 4.69) is 19.2 Å². The van der Waals surface area contributed by atoms with Crippen molar-refractivity contribution in [1.29, 1.82) is 0 Å². The monoisotopic (exact) mass is 225 g/mol. The highest BCUT2D eigenvalue weighted by atomic mass is 19.1. The first-order valence-electron chi connectivity index (χ1n) is 5.77. The fourth-order valence-corrected chi connectivity index (χ4v) is 2.65. The van der Waals surface area contributed by atoms with E-state index in [4.69, 9.17) is 0 Å². The van der Waals surface area contributed by atoms with Gasteiger partial charge in [-0.2, -0.15) is 0 Å². The Morgan fingerprint density at radius 3 is 2.56 bits per heavy atom. The second-order valence-electron chi connectivity index (χ2n) is 4.78. The first-order chi connectivity index (χ1) is 7.56. The first kappa shape index (κ1) is 11.5. The van der Waals surface area contributed by atoms with E-state index in [0.717, 1.165) is 25.5 Å². The van der Waals surface area contributed by atoms with Gasteiger partial charge in [0.1, 0.15) is 11.6 Å². The number of hydrogen-bond acceptors (Lipinski definition) is 1. The fraction of sp³-hybridized carbons (Fsp3) is 0.538. The minimum atomic E-state index is -0.516. The Kier molecular flexibility index (Phi) is 2.98. The van der Waals surface area contributed by atoms with Crippen molar-refractivity contribution >= 4 is 0 Å². The Hall–Kier alpha value is -0.960. The smallest absolute Gasteiger partial charge is 0.131 e. The molecule has 1 heterocycles. The summed E-state index contributed by atoms with van der Waals surface area (Å²) in [6.07, 6.45) is 1.95. The summed E-state index contributed by atoms with van der Waals surface area (Å²) in [7, 11) is 0. The summed E-state index contributed by atoms with van der Waals surface area (Å²) in [4.78, 5) is 0. The average molecular weight is 225 g/mol. The van der Waals surface area contributed by atoms with Gasteiger partial charge in [0.25, 0.3) is 0 Å². The van der Waals surface area contributed by atoms with Gasteiger partial charge < -0.3 is 5.32 Å². The number of halogens is 2. The van der Waals surface area contributed by atoms with Crippen LogP contribution in [0.1, 0.15) is 32.3 Å². The Bertz CT molecular complexity index is 382. The third-order valence-electron chi connectivity index (χ3n) is 3.59. The first-order valence-corrected chi connectivity index (χ1v) is 5.77. The lowest BCUT2D eigenvalue weighted by Gasteiger charge is -2.34. The van der Waals surface area contributed by atoms with Crippen LogP contribution < -0.4 is 5.32 Å². The molecule has 0 bridgehead atoms. The third kappa shape index (κ3) is 1.73. The molecule has 1 aromatic rings. The molecule has 0 amide bonds. The standard InChI is InChI=1S/C13H17F2N/c1-9(2)13(6-3-7-16-13)11-5-4-10(14)8-12(11)15/h4-5,8-9,16H,3,6-7H2,1-2H3. The Labute approximate surface area is 94.9 Å². The van der Waals surface area contributed by atoms with Gasteiger partial charge in [0.2, 0.25) is 0 Å². The lowest BCUT2D eigenvalue weighted by molar-refractivity contribution is 0.267. The van der Waals surface area contributed by atoms with E-state index >= 15 is 0 Å². The Morgan fingerprint density at radius 2 is 2.06 bits per heavy atom. The summed E-state index contributed by atoms with van der Waals surface area (Å²) >= 11 is 0. The van der Waals surface area contributed by atoms with Crippen LogP contribution in [0.3, 0.4) is 0 Å². The van der Waals surface area contributed by atoms with Crippen molar-refractivity contribution in [3.05, 3.63) is 35.4 Å². The Morgan fingerprint density at radius 1 is 1.31 bits per heavy atom. The second kappa shape index (κ2) is 4.13. The Balaban J connectivity index is 2.47. The molecule has 88 valence electrons. The summed E-state index contributed by atoms with van der Waals surface area (Å²) in [6, 6.07) is 3.88. The van der Waals surface area contributed by atoms with Crippen molar-refractivity contribution in [2.45, 2.75) is 32.2 Å². The second-order valence-corrected chi connectivity index (χ2v) is 4.78. The molecular formula is C13H17F2N. The van der Waals surface area contributed by atoms with E-state index in [-0.39, 0.29) is 11.5 Å². The lowest BCUT2D eigenvalue weighted by Crippen LogP contribution is -2.42. The highest BCUT2D eigenvalue weighted by Crippen LogP contribution is 2.38. The molecule has 0 saturated carbocycles. The molecule has 0 radical (unpaired) electrons. The van der Waals surface area contributed by atoms with E-state index in [1.807, 2.05) is 0 Å². The van der Waals surface area contributed by atoms with Crippen molar-refractivity contribution < 1.29 is 8.78 Å². The maximum Gasteiger partial charge on any atom is 0.131 e. The molecule has 1 atom stereocenters. The quantitative estimate of drug-likeness (QED) is 0.815. The van der Waals surface area contributed by atoms with Crippen molar-refractivity contribution in [3.8, 4) is 0 Å². The van der Waals surface area contributed by atoms with E-state index in [9.17, 15) is 8.78 Å². The number of hydrogen-bond donors (Lipinski definition) is 1. The topological polar surface area (TPSA) is 12.0 Å². The van der Waals surface area contributed by atoms with Gasteiger partial charge >= 0.3 is 0 Å². The summed E-state index contributed by atoms with van der Waals surface area (Å²) < 4.78 is 26.7. The van der Waals surface area contributed by atoms with Gasteiger partial charge in [0, 0.05) is 17.2 Å². The van der Waals surface area contributed by atoms with Crippen molar-refractivity contribution in [1.82, 2.24) is 5.32 Å². The molecule has 0 spiro atoms. The van der Waals surface area contributed by atoms with Gasteiger partial charge in [0.15, 0.2) is 0 Å². The molecule has 1 aliphatic rings. The molecule has 16 heavy (non-hydrogen) atoms. The predicted octanol–water partition coefficient (Wildman–Crippen LogP) is 3.20. The zero-order chi connectivity index (χ0) is 11.8. The average Bonchev–Trinajstić information content (AvgIpc) is 2.67. The van der Waals surface area contributed by atoms with E-state index in [0.29, 0.717) is 5.56 Å². The number of rotatable bonds is 2. The number of nitrogens with one attached hydrogen (secondary N) is 1. The molecule has 1 N–H and O–H groups in total. The van der Waals surface area contributed by atoms with Crippen LogP contribution in [0.5, 0.6) is 0 Å². The van der Waals surface area contributed by atoms with Crippen LogP contribution in [-0.4, -0.2) is 6.54 Å². The van der Waals surface area contributed by atoms with E-state index in [1.165, 1.54) is 6.07 Å². The van der Waals surface area contributed by atoms with Gasteiger partial charge in [-0.25, -0.2) is 8.78 Å². The normalized spacial score (nSPS) is 25.3. The van der Waals surface area contributed by atoms with Gasteiger partial charge in [-0.05, 0) is 31.4 Å². The predicted molar refractivity (Wildman–Crippen MR) is 60.1 cm³/mol. The molecule has 2 rings (SSSR count). The zero-order valence-corrected chi connectivity index (χ0v) is 9.69. The molecule has 0 aromatic heterocycles. The van der Waals surface area contributed by atoms with Crippen LogP contribution in [0, 0.1) is 17.6 Å². The van der Waals surface area contributed by atoms with Gasteiger partial charge in [-0.1, -0.05) is 19.9 Å². The van der Waals surface area contributed by atoms with Gasteiger partial charge in [-0.15, -0.1) is 0 Å². The van der Waals surface area contributed by atoms with Crippen LogP contribution in [0.25, 0.3) is 0 Å². The van der Waals surface area contributed by atoms with Crippen LogP contribution in [0.15, 0.2) is 18.2 Å². The van der Waals surface area contributed by atoms with Crippen LogP contribution >= 0.6 is 0 Å². The summed E-state index contributed by atoms with van der Waals surface area (Å²) in [6.45, 7) is 5.04. The van der Waals surface area contributed by atoms with Crippen molar-refractivity contribution in [2.75, 3.05) is 6.54 Å². The summed E-state index contributed by atoms with van der Waals surface area (Å²) in [5.41, 5.74) is 0.277. The molecule has 1 saturated heterocycles. The van der Waals surface area contributed by atoms with Crippen molar-refractivity contribution in [3.63, 3.8) is 0 Å². The maximum atomic E-state index is 13.8. The molecule has 0 aliphatic carbocycles. The largest absolute Gasteiger partial charge is 0.307 e. The summed E-state index contributed by atoms with van der Waals surface area (Å²) in [5, 5.41) is 3.38. The zero-order valence-electron chi connectivity index (χ0n) is 9.69. The van der Waals surface area contributed by atoms with Crippen LogP contribution in [0.2, 0.25) is 0 Å². The van der Waals surface area contributed by atoms with Crippen LogP contribution in [0.4, 0.5) is 8.78 Å². The molecule has 3 heteroatoms. The number of benzene rings is 1. The summed E-state index contributed by atoms with van der Waals surface area (Å²) in [5.74, 6) is -0.670. The fourth-order valence-electron chi connectivity index (χ4n) is 2.65.